The Morgan fingerprint density at radius 3 is 1.94 bits per heavy atom. The third-order valence-electron chi connectivity index (χ3n) is 2.10. The summed E-state index contributed by atoms with van der Waals surface area (Å²) in [6.07, 6.45) is 2.34. The van der Waals surface area contributed by atoms with Crippen molar-refractivity contribution in [2.45, 2.75) is 4.90 Å². The number of carbonyl (C=O) groups excluding carboxylic acids is 2. The van der Waals surface area contributed by atoms with E-state index in [1.165, 1.54) is 36.4 Å². The van der Waals surface area contributed by atoms with Gasteiger partial charge < -0.3 is 4.55 Å². The molecule has 1 aliphatic rings. The Kier molecular flexibility index (Phi) is 2.67. The third-order valence-corrected chi connectivity index (χ3v) is 2.75. The molecule has 2 rings (SSSR count). The lowest BCUT2D eigenvalue weighted by molar-refractivity contribution is -0.119. The maximum atomic E-state index is 11.3. The van der Waals surface area contributed by atoms with E-state index in [0.717, 1.165) is 4.90 Å². The molecule has 1 aromatic rings. The fraction of sp³-hybridized carbons (Fsp3) is 0. The maximum Gasteiger partial charge on any atom is 0.258 e. The van der Waals surface area contributed by atoms with Crippen LogP contribution in [0.25, 0.3) is 0 Å². The number of carbonyl (C=O) groups is 2. The summed E-state index contributed by atoms with van der Waals surface area (Å²) in [7, 11) is 0. The Morgan fingerprint density at radius 1 is 1.00 bits per heavy atom. The fourth-order valence-corrected chi connectivity index (χ4v) is 1.72. The Balaban J connectivity index is 2.32. The second-order valence-electron chi connectivity index (χ2n) is 3.07. The van der Waals surface area contributed by atoms with Gasteiger partial charge in [-0.2, -0.15) is 0 Å². The van der Waals surface area contributed by atoms with Crippen LogP contribution in [0, 0.1) is 0 Å². The Morgan fingerprint density at radius 2 is 1.50 bits per heavy atom. The van der Waals surface area contributed by atoms with Gasteiger partial charge in [0.25, 0.3) is 11.8 Å². The van der Waals surface area contributed by atoms with Crippen LogP contribution in [0.4, 0.5) is 5.69 Å². The molecule has 0 aromatic heterocycles. The molecule has 0 N–H and O–H groups in total. The smallest absolute Gasteiger partial charge is 0.258 e. The molecule has 6 heteroatoms. The van der Waals surface area contributed by atoms with Gasteiger partial charge in [0.05, 0.1) is 5.69 Å². The zero-order chi connectivity index (χ0) is 11.7. The summed E-state index contributed by atoms with van der Waals surface area (Å²) >= 11 is -2.31. The van der Waals surface area contributed by atoms with Crippen LogP contribution in [0.1, 0.15) is 0 Å². The van der Waals surface area contributed by atoms with E-state index in [-0.39, 0.29) is 4.90 Å². The average Bonchev–Trinajstić information content (AvgIpc) is 2.59. The van der Waals surface area contributed by atoms with Crippen molar-refractivity contribution in [2.24, 2.45) is 0 Å². The second-order valence-corrected chi connectivity index (χ2v) is 4.01. The highest BCUT2D eigenvalue weighted by molar-refractivity contribution is 7.79. The van der Waals surface area contributed by atoms with Crippen LogP contribution in [-0.2, 0) is 20.7 Å². The van der Waals surface area contributed by atoms with Crippen molar-refractivity contribution in [3.8, 4) is 0 Å². The zero-order valence-corrected chi connectivity index (χ0v) is 8.77. The summed E-state index contributed by atoms with van der Waals surface area (Å²) in [4.78, 5) is 23.7. The molecule has 1 atom stereocenters. The lowest BCUT2D eigenvalue weighted by Crippen LogP contribution is -2.29. The summed E-state index contributed by atoms with van der Waals surface area (Å²) in [6, 6.07) is 5.48. The van der Waals surface area contributed by atoms with Gasteiger partial charge in [0.2, 0.25) is 0 Å². The van der Waals surface area contributed by atoms with Gasteiger partial charge >= 0.3 is 0 Å². The van der Waals surface area contributed by atoms with E-state index < -0.39 is 22.9 Å². The van der Waals surface area contributed by atoms with Crippen molar-refractivity contribution in [2.75, 3.05) is 4.90 Å². The van der Waals surface area contributed by atoms with Gasteiger partial charge in [-0.25, -0.2) is 4.90 Å². The first kappa shape index (κ1) is 10.7. The number of amides is 2. The van der Waals surface area contributed by atoms with Crippen LogP contribution in [-0.4, -0.2) is 20.6 Å². The number of imide groups is 1. The highest BCUT2D eigenvalue weighted by atomic mass is 32.2. The molecule has 0 radical (unpaired) electrons. The Labute approximate surface area is 93.7 Å². The number of hydrogen-bond donors (Lipinski definition) is 0. The lowest BCUT2D eigenvalue weighted by atomic mass is 10.3. The third kappa shape index (κ3) is 1.80. The standard InChI is InChI=1S/C10H7NO4S/c12-9-5-6-10(13)11(9)7-1-3-8(4-2-7)16(14)15/h1-6H,(H,14,15)/p-1. The molecule has 0 spiro atoms. The van der Waals surface area contributed by atoms with E-state index in [0.29, 0.717) is 5.69 Å². The van der Waals surface area contributed by atoms with Crippen LogP contribution < -0.4 is 4.90 Å². The molecule has 0 saturated heterocycles. The van der Waals surface area contributed by atoms with Crippen molar-refractivity contribution < 1.29 is 18.4 Å². The molecule has 0 bridgehead atoms. The topological polar surface area (TPSA) is 77.5 Å². The highest BCUT2D eigenvalue weighted by Gasteiger charge is 2.24. The van der Waals surface area contributed by atoms with E-state index in [4.69, 9.17) is 0 Å². The maximum absolute atomic E-state index is 11.3. The van der Waals surface area contributed by atoms with Crippen LogP contribution in [0.15, 0.2) is 41.3 Å². The van der Waals surface area contributed by atoms with E-state index in [1.54, 1.807) is 0 Å². The average molecular weight is 236 g/mol. The minimum atomic E-state index is -2.31. The van der Waals surface area contributed by atoms with Gasteiger partial charge in [-0.3, -0.25) is 13.8 Å². The Hall–Kier alpha value is -1.79. The van der Waals surface area contributed by atoms with Gasteiger partial charge in [0.15, 0.2) is 0 Å². The van der Waals surface area contributed by atoms with Gasteiger partial charge in [0, 0.05) is 17.0 Å². The number of benzene rings is 1. The van der Waals surface area contributed by atoms with Crippen molar-refractivity contribution in [1.82, 2.24) is 0 Å². The fourth-order valence-electron chi connectivity index (χ4n) is 1.36. The second kappa shape index (κ2) is 3.99. The molecule has 0 saturated carbocycles. The van der Waals surface area contributed by atoms with Crippen LogP contribution in [0.5, 0.6) is 0 Å². The predicted octanol–water partition coefficient (Wildman–Crippen LogP) is 0.354. The van der Waals surface area contributed by atoms with E-state index in [2.05, 4.69) is 0 Å². The molecule has 0 aliphatic carbocycles. The van der Waals surface area contributed by atoms with Crippen molar-refractivity contribution >= 4 is 28.6 Å². The minimum Gasteiger partial charge on any atom is -0.768 e. The van der Waals surface area contributed by atoms with Crippen molar-refractivity contribution in [1.29, 1.82) is 0 Å². The highest BCUT2D eigenvalue weighted by Crippen LogP contribution is 2.20. The van der Waals surface area contributed by atoms with Gasteiger partial charge in [-0.1, -0.05) is 0 Å². The number of nitrogens with zero attached hydrogens (tertiary/aromatic N) is 1. The summed E-state index contributed by atoms with van der Waals surface area (Å²) < 4.78 is 21.2. The Bertz CT molecular complexity index is 488. The minimum absolute atomic E-state index is 0.107. The van der Waals surface area contributed by atoms with Crippen LogP contribution in [0.2, 0.25) is 0 Å². The lowest BCUT2D eigenvalue weighted by Gasteiger charge is -2.14. The number of rotatable bonds is 2. The first-order valence-corrected chi connectivity index (χ1v) is 5.42. The molecule has 16 heavy (non-hydrogen) atoms. The first-order chi connectivity index (χ1) is 7.59. The van der Waals surface area contributed by atoms with Gasteiger partial charge in [-0.15, -0.1) is 0 Å². The van der Waals surface area contributed by atoms with Crippen LogP contribution in [0.3, 0.4) is 0 Å². The largest absolute Gasteiger partial charge is 0.768 e. The summed E-state index contributed by atoms with van der Waals surface area (Å²) in [5, 5.41) is 0. The van der Waals surface area contributed by atoms with Crippen molar-refractivity contribution in [3.63, 3.8) is 0 Å². The monoisotopic (exact) mass is 236 g/mol. The first-order valence-electron chi connectivity index (χ1n) is 4.35. The molecule has 1 aromatic carbocycles. The molecule has 1 unspecified atom stereocenters. The molecule has 1 heterocycles. The van der Waals surface area contributed by atoms with E-state index in [1.807, 2.05) is 0 Å². The molecule has 1 aliphatic heterocycles. The normalized spacial score (nSPS) is 16.9. The molecule has 82 valence electrons. The summed E-state index contributed by atoms with van der Waals surface area (Å²) in [5.41, 5.74) is 0.356. The van der Waals surface area contributed by atoms with Gasteiger partial charge in [0.1, 0.15) is 0 Å². The molecule has 0 fully saturated rings. The predicted molar refractivity (Wildman–Crippen MR) is 55.3 cm³/mol. The molecule has 2 amide bonds. The number of anilines is 1. The van der Waals surface area contributed by atoms with Gasteiger partial charge in [-0.05, 0) is 35.3 Å². The SMILES string of the molecule is O=C1C=CC(=O)N1c1ccc(S(=O)[O-])cc1. The van der Waals surface area contributed by atoms with E-state index >= 15 is 0 Å². The molecular formula is C10H6NO4S-. The summed E-state index contributed by atoms with van der Waals surface area (Å²) in [6.45, 7) is 0. The molecule has 5 nitrogen and oxygen atoms in total. The van der Waals surface area contributed by atoms with Crippen LogP contribution >= 0.6 is 0 Å². The number of hydrogen-bond acceptors (Lipinski definition) is 4. The quantitative estimate of drug-likeness (QED) is 0.548. The zero-order valence-electron chi connectivity index (χ0n) is 7.95. The molecular weight excluding hydrogens is 230 g/mol. The van der Waals surface area contributed by atoms with Crippen molar-refractivity contribution in [3.05, 3.63) is 36.4 Å². The summed E-state index contributed by atoms with van der Waals surface area (Å²) in [5.74, 6) is -0.859. The van der Waals surface area contributed by atoms with E-state index in [9.17, 15) is 18.4 Å².